The molecule has 0 amide bonds. The first-order valence-corrected chi connectivity index (χ1v) is 8.40. The largest absolute Gasteiger partial charge is 0.328 e. The Labute approximate surface area is 130 Å². The molecule has 20 heavy (non-hydrogen) atoms. The van der Waals surface area contributed by atoms with Crippen molar-refractivity contribution in [2.75, 3.05) is 5.88 Å². The lowest BCUT2D eigenvalue weighted by Crippen LogP contribution is -2.16. The van der Waals surface area contributed by atoms with Crippen LogP contribution < -0.4 is 0 Å². The summed E-state index contributed by atoms with van der Waals surface area (Å²) in [6, 6.07) is 5.95. The number of fused-ring (bicyclic) bond motifs is 1. The van der Waals surface area contributed by atoms with E-state index >= 15 is 0 Å². The lowest BCUT2D eigenvalue weighted by atomic mass is 9.89. The maximum Gasteiger partial charge on any atom is 0.111 e. The average Bonchev–Trinajstić information content (AvgIpc) is 2.78. The van der Waals surface area contributed by atoms with E-state index in [1.54, 1.807) is 0 Å². The average molecular weight is 311 g/mol. The van der Waals surface area contributed by atoms with E-state index in [0.29, 0.717) is 5.88 Å². The third-order valence-electron chi connectivity index (χ3n) is 4.27. The molecule has 0 unspecified atom stereocenters. The maximum atomic E-state index is 6.15. The number of halogens is 2. The van der Waals surface area contributed by atoms with Gasteiger partial charge in [-0.05, 0) is 37.0 Å². The second-order valence-corrected chi connectivity index (χ2v) is 6.53. The molecule has 0 radical (unpaired) electrons. The van der Waals surface area contributed by atoms with Crippen LogP contribution in [0.1, 0.15) is 37.9 Å². The summed E-state index contributed by atoms with van der Waals surface area (Å²) in [6.45, 7) is 1.06. The van der Waals surface area contributed by atoms with Gasteiger partial charge < -0.3 is 4.57 Å². The molecule has 4 heteroatoms. The molecule has 1 aromatic heterocycles. The van der Waals surface area contributed by atoms with Gasteiger partial charge in [-0.2, -0.15) is 0 Å². The maximum absolute atomic E-state index is 6.15. The van der Waals surface area contributed by atoms with Gasteiger partial charge in [-0.25, -0.2) is 4.98 Å². The number of imidazole rings is 1. The topological polar surface area (TPSA) is 17.8 Å². The fourth-order valence-electron chi connectivity index (χ4n) is 3.25. The second-order valence-electron chi connectivity index (χ2n) is 5.71. The number of nitrogens with zero attached hydrogens (tertiary/aromatic N) is 2. The van der Waals surface area contributed by atoms with Crippen molar-refractivity contribution in [2.24, 2.45) is 5.92 Å². The van der Waals surface area contributed by atoms with Crippen molar-refractivity contribution in [3.8, 4) is 0 Å². The van der Waals surface area contributed by atoms with Gasteiger partial charge in [0.25, 0.3) is 0 Å². The molecule has 0 saturated heterocycles. The SMILES string of the molecule is ClCCc1nc2ccc(Cl)cc2n1CC1CCCCC1. The lowest BCUT2D eigenvalue weighted by Gasteiger charge is -2.23. The Hall–Kier alpha value is -0.730. The fourth-order valence-corrected chi connectivity index (χ4v) is 3.59. The summed E-state index contributed by atoms with van der Waals surface area (Å²) in [5.41, 5.74) is 2.19. The van der Waals surface area contributed by atoms with Gasteiger partial charge in [-0.1, -0.05) is 30.9 Å². The summed E-state index contributed by atoms with van der Waals surface area (Å²) in [5.74, 6) is 2.49. The van der Waals surface area contributed by atoms with E-state index in [-0.39, 0.29) is 0 Å². The standard InChI is InChI=1S/C16H20Cl2N2/c17-9-8-16-19-14-7-6-13(18)10-15(14)20(16)11-12-4-2-1-3-5-12/h6-7,10,12H,1-5,8-9,11H2. The third kappa shape index (κ3) is 2.96. The highest BCUT2D eigenvalue weighted by molar-refractivity contribution is 6.31. The van der Waals surface area contributed by atoms with Crippen LogP contribution in [0.15, 0.2) is 18.2 Å². The zero-order valence-electron chi connectivity index (χ0n) is 11.6. The van der Waals surface area contributed by atoms with Gasteiger partial charge in [0.1, 0.15) is 5.82 Å². The fraction of sp³-hybridized carbons (Fsp3) is 0.562. The molecule has 1 saturated carbocycles. The lowest BCUT2D eigenvalue weighted by molar-refractivity contribution is 0.319. The van der Waals surface area contributed by atoms with Gasteiger partial charge in [-0.3, -0.25) is 0 Å². The Kier molecular flexibility index (Phi) is 4.52. The molecule has 1 aromatic carbocycles. The van der Waals surface area contributed by atoms with Crippen molar-refractivity contribution in [2.45, 2.75) is 45.1 Å². The first kappa shape index (κ1) is 14.2. The third-order valence-corrected chi connectivity index (χ3v) is 4.70. The van der Waals surface area contributed by atoms with Crippen LogP contribution in [0.4, 0.5) is 0 Å². The highest BCUT2D eigenvalue weighted by Gasteiger charge is 2.18. The molecule has 0 spiro atoms. The zero-order chi connectivity index (χ0) is 13.9. The molecule has 0 N–H and O–H groups in total. The Balaban J connectivity index is 1.96. The number of aromatic nitrogens is 2. The number of hydrogen-bond acceptors (Lipinski definition) is 1. The number of alkyl halides is 1. The molecule has 1 aliphatic rings. The normalized spacial score (nSPS) is 16.9. The molecule has 1 aliphatic carbocycles. The summed E-state index contributed by atoms with van der Waals surface area (Å²) >= 11 is 12.1. The molecule has 3 rings (SSSR count). The van der Waals surface area contributed by atoms with Crippen LogP contribution in [-0.4, -0.2) is 15.4 Å². The van der Waals surface area contributed by atoms with Gasteiger partial charge in [0, 0.05) is 23.9 Å². The Morgan fingerprint density at radius 2 is 2.00 bits per heavy atom. The van der Waals surface area contributed by atoms with Crippen molar-refractivity contribution in [3.05, 3.63) is 29.0 Å². The van der Waals surface area contributed by atoms with E-state index in [9.17, 15) is 0 Å². The Morgan fingerprint density at radius 1 is 1.20 bits per heavy atom. The molecule has 0 aliphatic heterocycles. The number of benzene rings is 1. The smallest absolute Gasteiger partial charge is 0.111 e. The molecular formula is C16H20Cl2N2. The first-order chi connectivity index (χ1) is 9.78. The molecular weight excluding hydrogens is 291 g/mol. The molecule has 0 bridgehead atoms. The predicted molar refractivity (Wildman–Crippen MR) is 85.7 cm³/mol. The minimum atomic E-state index is 0.613. The molecule has 2 nitrogen and oxygen atoms in total. The van der Waals surface area contributed by atoms with Crippen molar-refractivity contribution in [1.29, 1.82) is 0 Å². The predicted octanol–water partition coefficient (Wildman–Crippen LogP) is 5.05. The highest BCUT2D eigenvalue weighted by atomic mass is 35.5. The number of rotatable bonds is 4. The van der Waals surface area contributed by atoms with Crippen molar-refractivity contribution in [3.63, 3.8) is 0 Å². The summed E-state index contributed by atoms with van der Waals surface area (Å²) in [7, 11) is 0. The van der Waals surface area contributed by atoms with Crippen LogP contribution in [0.5, 0.6) is 0 Å². The van der Waals surface area contributed by atoms with Crippen LogP contribution in [0, 0.1) is 5.92 Å². The van der Waals surface area contributed by atoms with Crippen molar-refractivity contribution >= 4 is 34.2 Å². The van der Waals surface area contributed by atoms with E-state index in [0.717, 1.165) is 40.8 Å². The van der Waals surface area contributed by atoms with E-state index < -0.39 is 0 Å². The van der Waals surface area contributed by atoms with Gasteiger partial charge in [0.2, 0.25) is 0 Å². The zero-order valence-corrected chi connectivity index (χ0v) is 13.1. The molecule has 1 heterocycles. The molecule has 1 fully saturated rings. The molecule has 0 atom stereocenters. The van der Waals surface area contributed by atoms with Gasteiger partial charge in [-0.15, -0.1) is 11.6 Å². The van der Waals surface area contributed by atoms with Gasteiger partial charge >= 0.3 is 0 Å². The second kappa shape index (κ2) is 6.36. The Bertz CT molecular complexity index is 585. The summed E-state index contributed by atoms with van der Waals surface area (Å²) < 4.78 is 2.35. The van der Waals surface area contributed by atoms with Crippen LogP contribution >= 0.6 is 23.2 Å². The van der Waals surface area contributed by atoms with Crippen molar-refractivity contribution in [1.82, 2.24) is 9.55 Å². The van der Waals surface area contributed by atoms with Gasteiger partial charge in [0.05, 0.1) is 11.0 Å². The van der Waals surface area contributed by atoms with Crippen LogP contribution in [-0.2, 0) is 13.0 Å². The number of hydrogen-bond donors (Lipinski definition) is 0. The minimum Gasteiger partial charge on any atom is -0.328 e. The summed E-state index contributed by atoms with van der Waals surface area (Å²) in [4.78, 5) is 4.73. The minimum absolute atomic E-state index is 0.613. The first-order valence-electron chi connectivity index (χ1n) is 7.48. The monoisotopic (exact) mass is 310 g/mol. The molecule has 2 aromatic rings. The Morgan fingerprint density at radius 3 is 2.75 bits per heavy atom. The van der Waals surface area contributed by atoms with Crippen LogP contribution in [0.3, 0.4) is 0 Å². The quantitative estimate of drug-likeness (QED) is 0.722. The van der Waals surface area contributed by atoms with E-state index in [1.165, 1.54) is 32.1 Å². The van der Waals surface area contributed by atoms with Gasteiger partial charge in [0.15, 0.2) is 0 Å². The molecule has 108 valence electrons. The van der Waals surface area contributed by atoms with E-state index in [1.807, 2.05) is 18.2 Å². The summed E-state index contributed by atoms with van der Waals surface area (Å²) in [6.07, 6.45) is 7.61. The number of aryl methyl sites for hydroxylation is 1. The van der Waals surface area contributed by atoms with Crippen LogP contribution in [0.25, 0.3) is 11.0 Å². The van der Waals surface area contributed by atoms with E-state index in [4.69, 9.17) is 28.2 Å². The van der Waals surface area contributed by atoms with Crippen molar-refractivity contribution < 1.29 is 0 Å². The van der Waals surface area contributed by atoms with E-state index in [2.05, 4.69) is 4.57 Å². The summed E-state index contributed by atoms with van der Waals surface area (Å²) in [5, 5.41) is 0.778. The van der Waals surface area contributed by atoms with Crippen LogP contribution in [0.2, 0.25) is 5.02 Å². The highest BCUT2D eigenvalue weighted by Crippen LogP contribution is 2.28.